The van der Waals surface area contributed by atoms with Gasteiger partial charge < -0.3 is 5.73 Å². The largest absolute Gasteiger partial charge is 0.326 e. The van der Waals surface area contributed by atoms with Crippen LogP contribution in [0.1, 0.15) is 35.7 Å². The summed E-state index contributed by atoms with van der Waals surface area (Å²) in [5, 5.41) is 0. The standard InChI is InChI=1S/C10H14N2/c1-7-4-8(6-11)5-10(12-7)9-2-3-9/h4-5,9H,2-3,6,11H2,1H3. The van der Waals surface area contributed by atoms with Crippen molar-refractivity contribution in [2.24, 2.45) is 5.73 Å². The fourth-order valence-electron chi connectivity index (χ4n) is 1.47. The number of nitrogens with zero attached hydrogens (tertiary/aromatic N) is 1. The van der Waals surface area contributed by atoms with Crippen LogP contribution in [0, 0.1) is 6.92 Å². The van der Waals surface area contributed by atoms with E-state index in [1.807, 2.05) is 6.92 Å². The van der Waals surface area contributed by atoms with Crippen molar-refractivity contribution in [3.05, 3.63) is 29.1 Å². The van der Waals surface area contributed by atoms with Crippen LogP contribution in [0.3, 0.4) is 0 Å². The number of hydrogen-bond acceptors (Lipinski definition) is 2. The molecule has 1 heterocycles. The van der Waals surface area contributed by atoms with Crippen LogP contribution in [0.5, 0.6) is 0 Å². The van der Waals surface area contributed by atoms with E-state index in [9.17, 15) is 0 Å². The van der Waals surface area contributed by atoms with Crippen LogP contribution in [0.15, 0.2) is 12.1 Å². The van der Waals surface area contributed by atoms with Gasteiger partial charge in [0.05, 0.1) is 0 Å². The zero-order valence-corrected chi connectivity index (χ0v) is 7.38. The maximum Gasteiger partial charge on any atom is 0.0440 e. The van der Waals surface area contributed by atoms with E-state index in [1.54, 1.807) is 0 Å². The van der Waals surface area contributed by atoms with E-state index in [0.717, 1.165) is 11.6 Å². The molecular formula is C10H14N2. The van der Waals surface area contributed by atoms with Gasteiger partial charge in [-0.15, -0.1) is 0 Å². The SMILES string of the molecule is Cc1cc(CN)cc(C2CC2)n1. The Kier molecular flexibility index (Phi) is 1.85. The summed E-state index contributed by atoms with van der Waals surface area (Å²) < 4.78 is 0. The van der Waals surface area contributed by atoms with E-state index in [1.165, 1.54) is 24.1 Å². The van der Waals surface area contributed by atoms with Crippen molar-refractivity contribution in [2.75, 3.05) is 0 Å². The minimum atomic E-state index is 0.628. The Bertz CT molecular complexity index is 290. The van der Waals surface area contributed by atoms with Gasteiger partial charge in [-0.25, -0.2) is 0 Å². The average molecular weight is 162 g/mol. The molecule has 0 bridgehead atoms. The van der Waals surface area contributed by atoms with Gasteiger partial charge in [-0.1, -0.05) is 0 Å². The average Bonchev–Trinajstić information content (AvgIpc) is 2.85. The maximum absolute atomic E-state index is 5.58. The van der Waals surface area contributed by atoms with Gasteiger partial charge in [-0.3, -0.25) is 4.98 Å². The molecule has 0 aromatic carbocycles. The van der Waals surface area contributed by atoms with E-state index < -0.39 is 0 Å². The molecule has 12 heavy (non-hydrogen) atoms. The minimum Gasteiger partial charge on any atom is -0.326 e. The Labute approximate surface area is 72.8 Å². The third kappa shape index (κ3) is 1.48. The Morgan fingerprint density at radius 1 is 1.50 bits per heavy atom. The number of hydrogen-bond donors (Lipinski definition) is 1. The molecule has 1 aliphatic rings. The molecule has 2 nitrogen and oxygen atoms in total. The van der Waals surface area contributed by atoms with Gasteiger partial charge in [0, 0.05) is 23.9 Å². The summed E-state index contributed by atoms with van der Waals surface area (Å²) in [4.78, 5) is 4.49. The highest BCUT2D eigenvalue weighted by Gasteiger charge is 2.25. The highest BCUT2D eigenvalue weighted by Crippen LogP contribution is 2.39. The highest BCUT2D eigenvalue weighted by molar-refractivity contribution is 5.25. The van der Waals surface area contributed by atoms with Gasteiger partial charge in [0.15, 0.2) is 0 Å². The van der Waals surface area contributed by atoms with Gasteiger partial charge in [-0.2, -0.15) is 0 Å². The smallest absolute Gasteiger partial charge is 0.0440 e. The van der Waals surface area contributed by atoms with Crippen molar-refractivity contribution in [3.63, 3.8) is 0 Å². The Morgan fingerprint density at radius 3 is 2.83 bits per heavy atom. The predicted octanol–water partition coefficient (Wildman–Crippen LogP) is 1.73. The molecule has 0 saturated heterocycles. The molecule has 2 heteroatoms. The lowest BCUT2D eigenvalue weighted by molar-refractivity contribution is 0.958. The second kappa shape index (κ2) is 2.87. The van der Waals surface area contributed by atoms with Crippen molar-refractivity contribution < 1.29 is 0 Å². The monoisotopic (exact) mass is 162 g/mol. The maximum atomic E-state index is 5.58. The van der Waals surface area contributed by atoms with E-state index in [2.05, 4.69) is 17.1 Å². The first-order valence-corrected chi connectivity index (χ1v) is 4.47. The Hall–Kier alpha value is -0.890. The third-order valence-corrected chi connectivity index (χ3v) is 2.26. The second-order valence-corrected chi connectivity index (χ2v) is 3.52. The fourth-order valence-corrected chi connectivity index (χ4v) is 1.47. The van der Waals surface area contributed by atoms with Crippen LogP contribution in [-0.2, 0) is 6.54 Å². The van der Waals surface area contributed by atoms with E-state index in [-0.39, 0.29) is 0 Å². The lowest BCUT2D eigenvalue weighted by Crippen LogP contribution is -2.00. The summed E-state index contributed by atoms with van der Waals surface area (Å²) >= 11 is 0. The quantitative estimate of drug-likeness (QED) is 0.719. The summed E-state index contributed by atoms with van der Waals surface area (Å²) in [6.45, 7) is 2.66. The molecule has 1 aromatic rings. The number of nitrogens with two attached hydrogens (primary N) is 1. The molecule has 1 saturated carbocycles. The van der Waals surface area contributed by atoms with Gasteiger partial charge in [0.25, 0.3) is 0 Å². The molecule has 1 aliphatic carbocycles. The number of aromatic nitrogens is 1. The molecule has 0 radical (unpaired) electrons. The molecular weight excluding hydrogens is 148 g/mol. The van der Waals surface area contributed by atoms with Gasteiger partial charge in [0.2, 0.25) is 0 Å². The third-order valence-electron chi connectivity index (χ3n) is 2.26. The zero-order valence-electron chi connectivity index (χ0n) is 7.38. The van der Waals surface area contributed by atoms with Crippen molar-refractivity contribution in [1.82, 2.24) is 4.98 Å². The van der Waals surface area contributed by atoms with Crippen molar-refractivity contribution in [1.29, 1.82) is 0 Å². The van der Waals surface area contributed by atoms with Gasteiger partial charge >= 0.3 is 0 Å². The van der Waals surface area contributed by atoms with Crippen LogP contribution in [0.4, 0.5) is 0 Å². The van der Waals surface area contributed by atoms with E-state index in [4.69, 9.17) is 5.73 Å². The minimum absolute atomic E-state index is 0.628. The van der Waals surface area contributed by atoms with Crippen LogP contribution in [0.2, 0.25) is 0 Å². The zero-order chi connectivity index (χ0) is 8.55. The molecule has 1 fully saturated rings. The summed E-state index contributed by atoms with van der Waals surface area (Å²) in [5.41, 5.74) is 9.14. The molecule has 2 N–H and O–H groups in total. The van der Waals surface area contributed by atoms with Crippen LogP contribution < -0.4 is 5.73 Å². The van der Waals surface area contributed by atoms with E-state index in [0.29, 0.717) is 6.54 Å². The number of rotatable bonds is 2. The summed E-state index contributed by atoms with van der Waals surface area (Å²) in [7, 11) is 0. The van der Waals surface area contributed by atoms with Crippen molar-refractivity contribution in [2.45, 2.75) is 32.2 Å². The molecule has 0 unspecified atom stereocenters. The molecule has 64 valence electrons. The predicted molar refractivity (Wildman–Crippen MR) is 48.8 cm³/mol. The molecule has 0 atom stereocenters. The molecule has 0 amide bonds. The first kappa shape index (κ1) is 7.74. The van der Waals surface area contributed by atoms with Crippen molar-refractivity contribution in [3.8, 4) is 0 Å². The van der Waals surface area contributed by atoms with Crippen molar-refractivity contribution >= 4 is 0 Å². The molecule has 0 aliphatic heterocycles. The first-order chi connectivity index (χ1) is 5.79. The van der Waals surface area contributed by atoms with Crippen LogP contribution in [0.25, 0.3) is 0 Å². The molecule has 0 spiro atoms. The van der Waals surface area contributed by atoms with Gasteiger partial charge in [-0.05, 0) is 37.5 Å². The fraction of sp³-hybridized carbons (Fsp3) is 0.500. The lowest BCUT2D eigenvalue weighted by atomic mass is 10.1. The molecule has 2 rings (SSSR count). The van der Waals surface area contributed by atoms with Crippen LogP contribution in [-0.4, -0.2) is 4.98 Å². The van der Waals surface area contributed by atoms with Crippen LogP contribution >= 0.6 is 0 Å². The Balaban J connectivity index is 2.34. The second-order valence-electron chi connectivity index (χ2n) is 3.52. The summed E-state index contributed by atoms with van der Waals surface area (Å²) in [6.07, 6.45) is 2.61. The topological polar surface area (TPSA) is 38.9 Å². The van der Waals surface area contributed by atoms with Gasteiger partial charge in [0.1, 0.15) is 0 Å². The van der Waals surface area contributed by atoms with E-state index >= 15 is 0 Å². The number of aryl methyl sites for hydroxylation is 1. The highest BCUT2D eigenvalue weighted by atomic mass is 14.7. The lowest BCUT2D eigenvalue weighted by Gasteiger charge is -2.03. The summed E-state index contributed by atoms with van der Waals surface area (Å²) in [6, 6.07) is 4.20. The Morgan fingerprint density at radius 2 is 2.25 bits per heavy atom. The number of pyridine rings is 1. The summed E-state index contributed by atoms with van der Waals surface area (Å²) in [5.74, 6) is 0.732. The first-order valence-electron chi connectivity index (χ1n) is 4.47. The normalized spacial score (nSPS) is 16.5. The molecule has 1 aromatic heterocycles.